The predicted molar refractivity (Wildman–Crippen MR) is 58.4 cm³/mol. The lowest BCUT2D eigenvalue weighted by Crippen LogP contribution is -2.47. The van der Waals surface area contributed by atoms with Gasteiger partial charge in [0.05, 0.1) is 6.54 Å². The summed E-state index contributed by atoms with van der Waals surface area (Å²) < 4.78 is 4.53. The molecule has 1 aromatic heterocycles. The van der Waals surface area contributed by atoms with Crippen LogP contribution in [0.2, 0.25) is 0 Å². The molecule has 8 heteroatoms. The number of urea groups is 1. The normalized spacial score (nSPS) is 23.1. The van der Waals surface area contributed by atoms with Crippen LogP contribution in [0.15, 0.2) is 10.9 Å². The minimum atomic E-state index is -0.977. The maximum atomic E-state index is 11.9. The van der Waals surface area contributed by atoms with Gasteiger partial charge in [0.1, 0.15) is 6.04 Å². The van der Waals surface area contributed by atoms with Crippen molar-refractivity contribution in [3.05, 3.63) is 12.2 Å². The molecule has 1 fully saturated rings. The summed E-state index contributed by atoms with van der Waals surface area (Å²) in [6.07, 6.45) is 1.85. The van der Waals surface area contributed by atoms with Crippen LogP contribution in [-0.4, -0.2) is 44.7 Å². The van der Waals surface area contributed by atoms with Gasteiger partial charge in [0.15, 0.2) is 5.82 Å². The first kappa shape index (κ1) is 12.3. The van der Waals surface area contributed by atoms with Crippen LogP contribution in [-0.2, 0) is 11.3 Å². The summed E-state index contributed by atoms with van der Waals surface area (Å²) in [5.41, 5.74) is 0. The van der Waals surface area contributed by atoms with Crippen molar-refractivity contribution in [1.82, 2.24) is 20.4 Å². The summed E-state index contributed by atoms with van der Waals surface area (Å²) >= 11 is 0. The van der Waals surface area contributed by atoms with Crippen LogP contribution in [0.4, 0.5) is 4.79 Å². The van der Waals surface area contributed by atoms with Crippen LogP contribution in [0, 0.1) is 5.92 Å². The number of carboxylic acid groups (broad SMARTS) is 1. The Hall–Kier alpha value is -2.12. The van der Waals surface area contributed by atoms with Gasteiger partial charge in [-0.15, -0.1) is 0 Å². The van der Waals surface area contributed by atoms with E-state index in [-0.39, 0.29) is 12.5 Å². The molecule has 1 saturated heterocycles. The van der Waals surface area contributed by atoms with Crippen molar-refractivity contribution in [2.75, 3.05) is 6.54 Å². The number of nitrogens with one attached hydrogen (secondary N) is 1. The zero-order chi connectivity index (χ0) is 13.1. The van der Waals surface area contributed by atoms with Gasteiger partial charge < -0.3 is 19.8 Å². The molecule has 2 rings (SSSR count). The van der Waals surface area contributed by atoms with Gasteiger partial charge in [-0.05, 0) is 12.3 Å². The highest BCUT2D eigenvalue weighted by molar-refractivity contribution is 5.83. The molecule has 0 aliphatic carbocycles. The van der Waals surface area contributed by atoms with Crippen LogP contribution < -0.4 is 5.32 Å². The number of carbonyl (C=O) groups excluding carboxylic acids is 1. The minimum Gasteiger partial charge on any atom is -0.480 e. The molecule has 2 amide bonds. The molecular weight excluding hydrogens is 240 g/mol. The Bertz CT molecular complexity index is 433. The molecule has 2 atom stereocenters. The van der Waals surface area contributed by atoms with Gasteiger partial charge in [0.25, 0.3) is 0 Å². The predicted octanol–water partition coefficient (Wildman–Crippen LogP) is 0.0742. The van der Waals surface area contributed by atoms with E-state index in [1.165, 1.54) is 11.3 Å². The molecule has 2 N–H and O–H groups in total. The van der Waals surface area contributed by atoms with E-state index in [1.54, 1.807) is 0 Å². The van der Waals surface area contributed by atoms with Crippen LogP contribution in [0.5, 0.6) is 0 Å². The van der Waals surface area contributed by atoms with Gasteiger partial charge in [0, 0.05) is 6.54 Å². The molecule has 0 saturated carbocycles. The number of aromatic nitrogens is 2. The molecule has 1 aromatic rings. The number of carbonyl (C=O) groups is 2. The zero-order valence-corrected chi connectivity index (χ0v) is 9.87. The quantitative estimate of drug-likeness (QED) is 0.790. The average molecular weight is 254 g/mol. The number of hydrogen-bond acceptors (Lipinski definition) is 5. The van der Waals surface area contributed by atoms with Crippen molar-refractivity contribution in [2.45, 2.75) is 25.9 Å². The Balaban J connectivity index is 1.94. The SMILES string of the molecule is CC1CCN(C(=O)NCc2ncon2)C1C(=O)O. The highest BCUT2D eigenvalue weighted by Crippen LogP contribution is 2.23. The highest BCUT2D eigenvalue weighted by atomic mass is 16.5. The second kappa shape index (κ2) is 5.03. The second-order valence-corrected chi connectivity index (χ2v) is 4.25. The largest absolute Gasteiger partial charge is 0.480 e. The first-order valence-electron chi connectivity index (χ1n) is 5.62. The summed E-state index contributed by atoms with van der Waals surface area (Å²) in [7, 11) is 0. The van der Waals surface area contributed by atoms with Crippen molar-refractivity contribution in [2.24, 2.45) is 5.92 Å². The van der Waals surface area contributed by atoms with Gasteiger partial charge in [-0.1, -0.05) is 12.1 Å². The molecular formula is C10H14N4O4. The van der Waals surface area contributed by atoms with E-state index in [4.69, 9.17) is 5.11 Å². The number of aliphatic carboxylic acids is 1. The minimum absolute atomic E-state index is 0.0431. The summed E-state index contributed by atoms with van der Waals surface area (Å²) in [6.45, 7) is 2.38. The Kier molecular flexibility index (Phi) is 3.45. The lowest BCUT2D eigenvalue weighted by Gasteiger charge is -2.23. The molecule has 2 unspecified atom stereocenters. The maximum Gasteiger partial charge on any atom is 0.326 e. The molecule has 2 heterocycles. The monoisotopic (exact) mass is 254 g/mol. The summed E-state index contributed by atoms with van der Waals surface area (Å²) in [4.78, 5) is 28.0. The van der Waals surface area contributed by atoms with E-state index in [9.17, 15) is 9.59 Å². The van der Waals surface area contributed by atoms with Gasteiger partial charge in [-0.3, -0.25) is 0 Å². The van der Waals surface area contributed by atoms with Crippen LogP contribution in [0.25, 0.3) is 0 Å². The molecule has 18 heavy (non-hydrogen) atoms. The second-order valence-electron chi connectivity index (χ2n) is 4.25. The van der Waals surface area contributed by atoms with Crippen molar-refractivity contribution in [1.29, 1.82) is 0 Å². The number of nitrogens with zero attached hydrogens (tertiary/aromatic N) is 3. The highest BCUT2D eigenvalue weighted by Gasteiger charge is 2.39. The fourth-order valence-electron chi connectivity index (χ4n) is 2.08. The standard InChI is InChI=1S/C10H14N4O4/c1-6-2-3-14(8(6)9(15)16)10(17)11-4-7-12-5-18-13-7/h5-6,8H,2-4H2,1H3,(H,11,17)(H,15,16). The summed E-state index contributed by atoms with van der Waals surface area (Å²) in [5, 5.41) is 15.2. The van der Waals surface area contributed by atoms with Gasteiger partial charge in [-0.2, -0.15) is 4.98 Å². The van der Waals surface area contributed by atoms with Crippen LogP contribution in [0.3, 0.4) is 0 Å². The van der Waals surface area contributed by atoms with Crippen molar-refractivity contribution < 1.29 is 19.2 Å². The lowest BCUT2D eigenvalue weighted by molar-refractivity contribution is -0.142. The van der Waals surface area contributed by atoms with E-state index < -0.39 is 18.0 Å². The number of carboxylic acids is 1. The van der Waals surface area contributed by atoms with Crippen molar-refractivity contribution in [3.63, 3.8) is 0 Å². The van der Waals surface area contributed by atoms with Gasteiger partial charge in [-0.25, -0.2) is 9.59 Å². The molecule has 8 nitrogen and oxygen atoms in total. The molecule has 0 bridgehead atoms. The third-order valence-corrected chi connectivity index (χ3v) is 3.02. The van der Waals surface area contributed by atoms with E-state index in [0.29, 0.717) is 18.8 Å². The van der Waals surface area contributed by atoms with E-state index >= 15 is 0 Å². The smallest absolute Gasteiger partial charge is 0.326 e. The van der Waals surface area contributed by atoms with Gasteiger partial charge >= 0.3 is 12.0 Å². The molecule has 98 valence electrons. The van der Waals surface area contributed by atoms with E-state index in [1.807, 2.05) is 6.92 Å². The average Bonchev–Trinajstić information content (AvgIpc) is 2.94. The Morgan fingerprint density at radius 3 is 3.06 bits per heavy atom. The Morgan fingerprint density at radius 1 is 1.67 bits per heavy atom. The lowest BCUT2D eigenvalue weighted by atomic mass is 10.0. The number of hydrogen-bond donors (Lipinski definition) is 2. The van der Waals surface area contributed by atoms with Crippen molar-refractivity contribution >= 4 is 12.0 Å². The fraction of sp³-hybridized carbons (Fsp3) is 0.600. The topological polar surface area (TPSA) is 109 Å². The van der Waals surface area contributed by atoms with Crippen LogP contribution >= 0.6 is 0 Å². The fourth-order valence-corrected chi connectivity index (χ4v) is 2.08. The summed E-state index contributed by atoms with van der Waals surface area (Å²) in [5.74, 6) is -0.671. The summed E-state index contributed by atoms with van der Waals surface area (Å²) in [6, 6.07) is -1.19. The number of rotatable bonds is 3. The molecule has 0 spiro atoms. The third-order valence-electron chi connectivity index (χ3n) is 3.02. The molecule has 1 aliphatic rings. The Labute approximate surface area is 103 Å². The molecule has 0 aromatic carbocycles. The first-order chi connectivity index (χ1) is 8.59. The maximum absolute atomic E-state index is 11.9. The Morgan fingerprint density at radius 2 is 2.44 bits per heavy atom. The van der Waals surface area contributed by atoms with Crippen molar-refractivity contribution in [3.8, 4) is 0 Å². The van der Waals surface area contributed by atoms with Gasteiger partial charge in [0.2, 0.25) is 6.39 Å². The number of likely N-dealkylation sites (tertiary alicyclic amines) is 1. The van der Waals surface area contributed by atoms with Crippen LogP contribution in [0.1, 0.15) is 19.2 Å². The molecule has 1 aliphatic heterocycles. The molecule has 0 radical (unpaired) electrons. The zero-order valence-electron chi connectivity index (χ0n) is 9.87. The first-order valence-corrected chi connectivity index (χ1v) is 5.62. The van der Waals surface area contributed by atoms with E-state index in [2.05, 4.69) is 20.0 Å². The number of amides is 2. The van der Waals surface area contributed by atoms with E-state index in [0.717, 1.165) is 0 Å². The third kappa shape index (κ3) is 2.41.